The van der Waals surface area contributed by atoms with Gasteiger partial charge >= 0.3 is 0 Å². The molecule has 0 aliphatic rings. The molecule has 1 aromatic heterocycles. The maximum absolute atomic E-state index is 11.4. The van der Waals surface area contributed by atoms with Crippen LogP contribution in [-0.4, -0.2) is 23.2 Å². The van der Waals surface area contributed by atoms with Crippen LogP contribution in [0.25, 0.3) is 0 Å². The van der Waals surface area contributed by atoms with Gasteiger partial charge in [0.15, 0.2) is 0 Å². The number of primary sulfonamides is 1. The van der Waals surface area contributed by atoms with Gasteiger partial charge in [-0.15, -0.1) is 10.2 Å². The number of rotatable bonds is 8. The summed E-state index contributed by atoms with van der Waals surface area (Å²) in [6, 6.07) is -0.0195. The molecule has 0 aliphatic carbocycles. The van der Waals surface area contributed by atoms with Crippen molar-refractivity contribution in [3.8, 4) is 0 Å². The van der Waals surface area contributed by atoms with Gasteiger partial charge in [-0.3, -0.25) is 4.57 Å². The minimum atomic E-state index is -3.81. The fourth-order valence-corrected chi connectivity index (χ4v) is 2.82. The normalized spacial score (nSPS) is 12.3. The molecule has 1 heterocycles. The molecular formula is C12H24N4O2S. The summed E-state index contributed by atoms with van der Waals surface area (Å²) >= 11 is 0. The number of aromatic nitrogens is 3. The van der Waals surface area contributed by atoms with Gasteiger partial charge in [0, 0.05) is 12.5 Å². The Balaban J connectivity index is 2.76. The number of hydrogen-bond acceptors (Lipinski definition) is 4. The van der Waals surface area contributed by atoms with Gasteiger partial charge in [0.25, 0.3) is 15.2 Å². The van der Waals surface area contributed by atoms with Crippen LogP contribution < -0.4 is 5.14 Å². The monoisotopic (exact) mass is 288 g/mol. The van der Waals surface area contributed by atoms with Crippen molar-refractivity contribution in [1.29, 1.82) is 0 Å². The van der Waals surface area contributed by atoms with Gasteiger partial charge in [0.1, 0.15) is 5.82 Å². The smallest absolute Gasteiger partial charge is 0.273 e. The number of aryl methyl sites for hydroxylation is 1. The molecule has 19 heavy (non-hydrogen) atoms. The van der Waals surface area contributed by atoms with Crippen molar-refractivity contribution in [2.24, 2.45) is 5.14 Å². The molecule has 110 valence electrons. The summed E-state index contributed by atoms with van der Waals surface area (Å²) in [4.78, 5) is 0. The van der Waals surface area contributed by atoms with E-state index < -0.39 is 10.0 Å². The highest BCUT2D eigenvalue weighted by Gasteiger charge is 2.22. The zero-order chi connectivity index (χ0) is 14.5. The van der Waals surface area contributed by atoms with Crippen LogP contribution in [0.5, 0.6) is 0 Å². The van der Waals surface area contributed by atoms with E-state index in [1.54, 1.807) is 4.57 Å². The topological polar surface area (TPSA) is 90.9 Å². The number of hydrogen-bond donors (Lipinski definition) is 1. The van der Waals surface area contributed by atoms with Crippen molar-refractivity contribution < 1.29 is 8.42 Å². The summed E-state index contributed by atoms with van der Waals surface area (Å²) in [7, 11) is -3.81. The molecule has 2 N–H and O–H groups in total. The fraction of sp³-hybridized carbons (Fsp3) is 0.833. The zero-order valence-electron chi connectivity index (χ0n) is 12.0. The molecule has 0 fully saturated rings. The first-order valence-electron chi connectivity index (χ1n) is 6.84. The van der Waals surface area contributed by atoms with Gasteiger partial charge in [-0.2, -0.15) is 0 Å². The molecule has 0 saturated carbocycles. The summed E-state index contributed by atoms with van der Waals surface area (Å²) in [5.74, 6) is 0.704. The molecule has 0 aromatic carbocycles. The lowest BCUT2D eigenvalue weighted by Gasteiger charge is -2.12. The molecule has 6 nitrogen and oxygen atoms in total. The first-order chi connectivity index (χ1) is 8.88. The minimum absolute atomic E-state index is 0.0195. The highest BCUT2D eigenvalue weighted by atomic mass is 32.2. The third-order valence-electron chi connectivity index (χ3n) is 3.01. The quantitative estimate of drug-likeness (QED) is 0.741. The minimum Gasteiger partial charge on any atom is -0.298 e. The van der Waals surface area contributed by atoms with Gasteiger partial charge in [-0.05, 0) is 20.3 Å². The molecule has 0 atom stereocenters. The molecule has 0 unspecified atom stereocenters. The average molecular weight is 288 g/mol. The predicted octanol–water partition coefficient (Wildman–Crippen LogP) is 2.02. The highest BCUT2D eigenvalue weighted by Crippen LogP contribution is 2.17. The Morgan fingerprint density at radius 3 is 2.32 bits per heavy atom. The van der Waals surface area contributed by atoms with E-state index in [1.165, 1.54) is 19.3 Å². The van der Waals surface area contributed by atoms with Crippen molar-refractivity contribution in [1.82, 2.24) is 14.8 Å². The van der Waals surface area contributed by atoms with Gasteiger partial charge in [0.2, 0.25) is 0 Å². The van der Waals surface area contributed by atoms with Crippen LogP contribution in [-0.2, 0) is 16.4 Å². The fourth-order valence-electron chi connectivity index (χ4n) is 2.08. The van der Waals surface area contributed by atoms with Gasteiger partial charge in [0.05, 0.1) is 0 Å². The van der Waals surface area contributed by atoms with Crippen LogP contribution in [0, 0.1) is 0 Å². The molecule has 1 aromatic rings. The van der Waals surface area contributed by atoms with Crippen LogP contribution in [0.4, 0.5) is 0 Å². The van der Waals surface area contributed by atoms with Crippen molar-refractivity contribution in [2.75, 3.05) is 0 Å². The van der Waals surface area contributed by atoms with Gasteiger partial charge in [-0.25, -0.2) is 13.6 Å². The van der Waals surface area contributed by atoms with Crippen molar-refractivity contribution >= 4 is 10.0 Å². The van der Waals surface area contributed by atoms with Crippen LogP contribution >= 0.6 is 0 Å². The van der Waals surface area contributed by atoms with E-state index in [2.05, 4.69) is 17.1 Å². The molecule has 0 saturated heterocycles. The first-order valence-corrected chi connectivity index (χ1v) is 8.39. The van der Waals surface area contributed by atoms with Gasteiger partial charge in [-0.1, -0.05) is 32.6 Å². The standard InChI is InChI=1S/C12H24N4O2S/c1-4-5-6-7-8-9-11-14-15-12(19(13,17)18)16(11)10(2)3/h10H,4-9H2,1-3H3,(H2,13,17,18). The maximum Gasteiger partial charge on any atom is 0.273 e. The highest BCUT2D eigenvalue weighted by molar-refractivity contribution is 7.89. The van der Waals surface area contributed by atoms with Crippen molar-refractivity contribution in [3.63, 3.8) is 0 Å². The van der Waals surface area contributed by atoms with Crippen LogP contribution in [0.15, 0.2) is 5.16 Å². The number of sulfonamides is 1. The lowest BCUT2D eigenvalue weighted by Crippen LogP contribution is -2.20. The Morgan fingerprint density at radius 2 is 1.79 bits per heavy atom. The second kappa shape index (κ2) is 7.00. The van der Waals surface area contributed by atoms with E-state index in [1.807, 2.05) is 13.8 Å². The molecular weight excluding hydrogens is 264 g/mol. The zero-order valence-corrected chi connectivity index (χ0v) is 12.8. The Kier molecular flexibility index (Phi) is 5.93. The Hall–Kier alpha value is -0.950. The van der Waals surface area contributed by atoms with Crippen molar-refractivity contribution in [3.05, 3.63) is 5.82 Å². The number of nitrogens with zero attached hydrogens (tertiary/aromatic N) is 3. The van der Waals surface area contributed by atoms with E-state index in [0.717, 1.165) is 19.3 Å². The molecule has 7 heteroatoms. The van der Waals surface area contributed by atoms with E-state index in [4.69, 9.17) is 5.14 Å². The average Bonchev–Trinajstić information content (AvgIpc) is 2.72. The van der Waals surface area contributed by atoms with E-state index in [9.17, 15) is 8.42 Å². The van der Waals surface area contributed by atoms with Crippen LogP contribution in [0.1, 0.15) is 64.7 Å². The summed E-state index contributed by atoms with van der Waals surface area (Å²) in [5, 5.41) is 12.7. The Labute approximate surface area is 115 Å². The molecule has 0 spiro atoms. The van der Waals surface area contributed by atoms with Gasteiger partial charge < -0.3 is 0 Å². The molecule has 0 aliphatic heterocycles. The number of nitrogens with two attached hydrogens (primary N) is 1. The van der Waals surface area contributed by atoms with E-state index in [-0.39, 0.29) is 11.2 Å². The second-order valence-electron chi connectivity index (χ2n) is 5.07. The van der Waals surface area contributed by atoms with E-state index >= 15 is 0 Å². The summed E-state index contributed by atoms with van der Waals surface area (Å²) in [6.45, 7) is 5.98. The maximum atomic E-state index is 11.4. The predicted molar refractivity (Wildman–Crippen MR) is 74.2 cm³/mol. The lowest BCUT2D eigenvalue weighted by molar-refractivity contribution is 0.497. The molecule has 1 rings (SSSR count). The molecule has 0 amide bonds. The summed E-state index contributed by atoms with van der Waals surface area (Å²) < 4.78 is 24.5. The lowest BCUT2D eigenvalue weighted by atomic mass is 10.1. The summed E-state index contributed by atoms with van der Waals surface area (Å²) in [6.07, 6.45) is 6.51. The second-order valence-corrected chi connectivity index (χ2v) is 6.53. The molecule has 0 bridgehead atoms. The van der Waals surface area contributed by atoms with E-state index in [0.29, 0.717) is 5.82 Å². The van der Waals surface area contributed by atoms with Crippen LogP contribution in [0.2, 0.25) is 0 Å². The third-order valence-corrected chi connectivity index (χ3v) is 3.80. The SMILES string of the molecule is CCCCCCCc1nnc(S(N)(=O)=O)n1C(C)C. The Bertz CT molecular complexity index is 494. The molecule has 0 radical (unpaired) electrons. The largest absolute Gasteiger partial charge is 0.298 e. The Morgan fingerprint density at radius 1 is 1.16 bits per heavy atom. The first kappa shape index (κ1) is 16.1. The summed E-state index contributed by atoms with van der Waals surface area (Å²) in [5.41, 5.74) is 0. The van der Waals surface area contributed by atoms with Crippen LogP contribution in [0.3, 0.4) is 0 Å². The van der Waals surface area contributed by atoms with Crippen molar-refractivity contribution in [2.45, 2.75) is 70.5 Å². The third kappa shape index (κ3) is 4.58. The number of unbranched alkanes of at least 4 members (excludes halogenated alkanes) is 4.